The van der Waals surface area contributed by atoms with Crippen LogP contribution in [0.4, 0.5) is 4.79 Å². The van der Waals surface area contributed by atoms with Crippen molar-refractivity contribution >= 4 is 47.2 Å². The topological polar surface area (TPSA) is 84.9 Å². The normalized spacial score (nSPS) is 15.5. The number of urea groups is 1. The number of ether oxygens (including phenoxy) is 2. The van der Waals surface area contributed by atoms with Gasteiger partial charge < -0.3 is 14.8 Å². The molecule has 0 radical (unpaired) electrons. The smallest absolute Gasteiger partial charge is 0.344 e. The molecule has 1 aliphatic rings. The molecule has 134 valence electrons. The average Bonchev–Trinajstić information content (AvgIpc) is 2.80. The maximum atomic E-state index is 12.1. The number of carbonyl (C=O) groups is 3. The zero-order valence-electron chi connectivity index (χ0n) is 13.6. The molecule has 1 aromatic rings. The zero-order chi connectivity index (χ0) is 18.6. The third-order valence-electron chi connectivity index (χ3n) is 3.25. The molecule has 3 amide bonds. The molecule has 1 aliphatic heterocycles. The van der Waals surface area contributed by atoms with Crippen LogP contribution in [-0.2, 0) is 14.3 Å². The molecule has 1 fully saturated rings. The summed E-state index contributed by atoms with van der Waals surface area (Å²) in [5.74, 6) is -0.836. The molecular weight excluding hydrogens is 371 g/mol. The van der Waals surface area contributed by atoms with Crippen molar-refractivity contribution in [2.45, 2.75) is 13.8 Å². The Kier molecular flexibility index (Phi) is 6.27. The summed E-state index contributed by atoms with van der Waals surface area (Å²) in [4.78, 5) is 36.1. The van der Waals surface area contributed by atoms with E-state index in [9.17, 15) is 14.4 Å². The van der Waals surface area contributed by atoms with Crippen LogP contribution in [0.1, 0.15) is 19.4 Å². The van der Waals surface area contributed by atoms with Gasteiger partial charge in [0, 0.05) is 6.54 Å². The van der Waals surface area contributed by atoms with E-state index in [-0.39, 0.29) is 41.3 Å². The lowest BCUT2D eigenvalue weighted by Gasteiger charge is -2.10. The van der Waals surface area contributed by atoms with Crippen molar-refractivity contribution < 1.29 is 23.9 Å². The van der Waals surface area contributed by atoms with Gasteiger partial charge in [0.25, 0.3) is 5.91 Å². The SMILES string of the molecule is CCOC(=O)COc1c(Cl)cc(/C=C2/NC(=O)N(CC)C2=O)cc1Cl. The van der Waals surface area contributed by atoms with Crippen LogP contribution in [0.5, 0.6) is 5.75 Å². The minimum absolute atomic E-state index is 0.124. The van der Waals surface area contributed by atoms with Gasteiger partial charge in [0.05, 0.1) is 16.7 Å². The molecule has 0 aliphatic carbocycles. The van der Waals surface area contributed by atoms with Crippen LogP contribution in [0, 0.1) is 0 Å². The van der Waals surface area contributed by atoms with E-state index in [2.05, 4.69) is 5.32 Å². The van der Waals surface area contributed by atoms with E-state index < -0.39 is 17.9 Å². The van der Waals surface area contributed by atoms with Crippen LogP contribution >= 0.6 is 23.2 Å². The Hall–Kier alpha value is -2.25. The molecule has 0 spiro atoms. The monoisotopic (exact) mass is 386 g/mol. The Morgan fingerprint density at radius 2 is 1.88 bits per heavy atom. The van der Waals surface area contributed by atoms with Crippen LogP contribution in [-0.4, -0.2) is 42.6 Å². The second-order valence-corrected chi connectivity index (χ2v) is 5.76. The second-order valence-electron chi connectivity index (χ2n) is 4.94. The van der Waals surface area contributed by atoms with Crippen molar-refractivity contribution in [1.82, 2.24) is 10.2 Å². The fourth-order valence-electron chi connectivity index (χ4n) is 2.16. The summed E-state index contributed by atoms with van der Waals surface area (Å²) < 4.78 is 10.0. The first-order valence-corrected chi connectivity index (χ1v) is 8.25. The number of nitrogens with zero attached hydrogens (tertiary/aromatic N) is 1. The number of esters is 1. The number of hydrogen-bond donors (Lipinski definition) is 1. The van der Waals surface area contributed by atoms with Crippen molar-refractivity contribution in [3.8, 4) is 5.75 Å². The van der Waals surface area contributed by atoms with Gasteiger partial charge in [0.2, 0.25) is 0 Å². The summed E-state index contributed by atoms with van der Waals surface area (Å²) in [5, 5.41) is 2.80. The van der Waals surface area contributed by atoms with Gasteiger partial charge in [0.15, 0.2) is 12.4 Å². The molecule has 7 nitrogen and oxygen atoms in total. The highest BCUT2D eigenvalue weighted by Gasteiger charge is 2.32. The van der Waals surface area contributed by atoms with Crippen molar-refractivity contribution in [3.05, 3.63) is 33.4 Å². The Morgan fingerprint density at radius 1 is 1.24 bits per heavy atom. The Balaban J connectivity index is 2.20. The van der Waals surface area contributed by atoms with Crippen molar-refractivity contribution in [3.63, 3.8) is 0 Å². The lowest BCUT2D eigenvalue weighted by atomic mass is 10.1. The summed E-state index contributed by atoms with van der Waals surface area (Å²) in [6.07, 6.45) is 1.46. The summed E-state index contributed by atoms with van der Waals surface area (Å²) in [6, 6.07) is 2.54. The van der Waals surface area contributed by atoms with E-state index in [0.717, 1.165) is 4.90 Å². The highest BCUT2D eigenvalue weighted by Crippen LogP contribution is 2.35. The lowest BCUT2D eigenvalue weighted by Crippen LogP contribution is -2.30. The van der Waals surface area contributed by atoms with Gasteiger partial charge in [-0.3, -0.25) is 9.69 Å². The molecule has 9 heteroatoms. The van der Waals surface area contributed by atoms with Crippen molar-refractivity contribution in [1.29, 1.82) is 0 Å². The van der Waals surface area contributed by atoms with Gasteiger partial charge in [-0.15, -0.1) is 0 Å². The standard InChI is InChI=1S/C16H16Cl2N2O5/c1-3-20-15(22)12(19-16(20)23)7-9-5-10(17)14(11(18)6-9)25-8-13(21)24-4-2/h5-7H,3-4,8H2,1-2H3,(H,19,23)/b12-7+. The van der Waals surface area contributed by atoms with Gasteiger partial charge in [-0.25, -0.2) is 9.59 Å². The summed E-state index contributed by atoms with van der Waals surface area (Å²) in [7, 11) is 0. The summed E-state index contributed by atoms with van der Waals surface area (Å²) >= 11 is 12.3. The van der Waals surface area contributed by atoms with E-state index in [0.29, 0.717) is 5.56 Å². The minimum atomic E-state index is -0.542. The molecule has 1 N–H and O–H groups in total. The molecule has 1 aromatic carbocycles. The molecule has 0 aromatic heterocycles. The fraction of sp³-hybridized carbons (Fsp3) is 0.312. The first-order valence-electron chi connectivity index (χ1n) is 7.49. The predicted molar refractivity (Wildman–Crippen MR) is 92.5 cm³/mol. The number of benzene rings is 1. The highest BCUT2D eigenvalue weighted by molar-refractivity contribution is 6.37. The first kappa shape index (κ1) is 19.1. The maximum absolute atomic E-state index is 12.1. The predicted octanol–water partition coefficient (Wildman–Crippen LogP) is 2.85. The van der Waals surface area contributed by atoms with E-state index in [1.54, 1.807) is 13.8 Å². The molecular formula is C16H16Cl2N2O5. The van der Waals surface area contributed by atoms with Crippen molar-refractivity contribution in [2.75, 3.05) is 19.8 Å². The van der Waals surface area contributed by atoms with E-state index in [1.165, 1.54) is 18.2 Å². The van der Waals surface area contributed by atoms with Gasteiger partial charge in [-0.1, -0.05) is 23.2 Å². The number of likely N-dealkylation sites (N-methyl/N-ethyl adjacent to an activating group) is 1. The first-order chi connectivity index (χ1) is 11.9. The molecule has 0 bridgehead atoms. The molecule has 1 heterocycles. The van der Waals surface area contributed by atoms with Crippen LogP contribution in [0.2, 0.25) is 10.0 Å². The Bertz CT molecular complexity index is 725. The van der Waals surface area contributed by atoms with E-state index >= 15 is 0 Å². The molecule has 0 atom stereocenters. The van der Waals surface area contributed by atoms with Crippen LogP contribution in [0.25, 0.3) is 6.08 Å². The van der Waals surface area contributed by atoms with Crippen LogP contribution in [0.15, 0.2) is 17.8 Å². The van der Waals surface area contributed by atoms with E-state index in [4.69, 9.17) is 32.7 Å². The number of hydrogen-bond acceptors (Lipinski definition) is 5. The molecule has 0 unspecified atom stereocenters. The number of rotatable bonds is 6. The van der Waals surface area contributed by atoms with Gasteiger partial charge in [-0.2, -0.15) is 0 Å². The molecule has 2 rings (SSSR count). The quantitative estimate of drug-likeness (QED) is 0.461. The van der Waals surface area contributed by atoms with Crippen molar-refractivity contribution in [2.24, 2.45) is 0 Å². The van der Waals surface area contributed by atoms with Gasteiger partial charge in [0.1, 0.15) is 5.70 Å². The minimum Gasteiger partial charge on any atom is -0.479 e. The largest absolute Gasteiger partial charge is 0.479 e. The Labute approximate surface area is 154 Å². The van der Waals surface area contributed by atoms with Crippen LogP contribution < -0.4 is 10.1 Å². The number of nitrogens with one attached hydrogen (secondary N) is 1. The number of amides is 3. The van der Waals surface area contributed by atoms with Gasteiger partial charge >= 0.3 is 12.0 Å². The molecule has 25 heavy (non-hydrogen) atoms. The lowest BCUT2D eigenvalue weighted by molar-refractivity contribution is -0.145. The average molecular weight is 387 g/mol. The third-order valence-corrected chi connectivity index (χ3v) is 3.81. The number of imide groups is 1. The van der Waals surface area contributed by atoms with Crippen LogP contribution in [0.3, 0.4) is 0 Å². The maximum Gasteiger partial charge on any atom is 0.344 e. The second kappa shape index (κ2) is 8.22. The number of carbonyl (C=O) groups excluding carboxylic acids is 3. The highest BCUT2D eigenvalue weighted by atomic mass is 35.5. The van der Waals surface area contributed by atoms with Gasteiger partial charge in [-0.05, 0) is 37.6 Å². The molecule has 0 saturated carbocycles. The summed E-state index contributed by atoms with van der Waals surface area (Å²) in [6.45, 7) is 3.56. The summed E-state index contributed by atoms with van der Waals surface area (Å²) in [5.41, 5.74) is 0.624. The number of halogens is 2. The zero-order valence-corrected chi connectivity index (χ0v) is 15.1. The fourth-order valence-corrected chi connectivity index (χ4v) is 2.77. The molecule has 1 saturated heterocycles. The third kappa shape index (κ3) is 4.43. The Morgan fingerprint density at radius 3 is 2.40 bits per heavy atom. The van der Waals surface area contributed by atoms with E-state index in [1.807, 2.05) is 0 Å².